The molecule has 0 saturated carbocycles. The molecule has 0 N–H and O–H groups in total. The minimum Gasteiger partial charge on any atom is -0.272 e. The quantitative estimate of drug-likeness (QED) is 0.671. The Bertz CT molecular complexity index is 294. The van der Waals surface area contributed by atoms with Crippen molar-refractivity contribution in [3.8, 4) is 0 Å². The van der Waals surface area contributed by atoms with Gasteiger partial charge in [-0.05, 0) is 28.3 Å². The van der Waals surface area contributed by atoms with E-state index in [0.29, 0.717) is 0 Å². The van der Waals surface area contributed by atoms with Gasteiger partial charge in [-0.25, -0.2) is 0 Å². The third kappa shape index (κ3) is 1.56. The van der Waals surface area contributed by atoms with Crippen LogP contribution in [0, 0.1) is 6.92 Å². The summed E-state index contributed by atoms with van der Waals surface area (Å²) in [6, 6.07) is 0. The maximum Gasteiger partial charge on any atom is 0.132 e. The monoisotopic (exact) mass is 230 g/mol. The first-order chi connectivity index (χ1) is 5.34. The highest BCUT2D eigenvalue weighted by atomic mass is 79.9. The minimum atomic E-state index is 0.164. The molecule has 0 unspecified atom stereocenters. The van der Waals surface area contributed by atoms with Crippen molar-refractivity contribution >= 4 is 15.9 Å². The van der Waals surface area contributed by atoms with E-state index in [9.17, 15) is 0 Å². The largest absolute Gasteiger partial charge is 0.272 e. The lowest BCUT2D eigenvalue weighted by Gasteiger charge is -2.18. The predicted molar refractivity (Wildman–Crippen MR) is 54.3 cm³/mol. The van der Waals surface area contributed by atoms with Gasteiger partial charge in [-0.2, -0.15) is 5.10 Å². The van der Waals surface area contributed by atoms with Crippen LogP contribution in [0.15, 0.2) is 4.60 Å². The van der Waals surface area contributed by atoms with Gasteiger partial charge in [-0.15, -0.1) is 0 Å². The Morgan fingerprint density at radius 1 is 1.33 bits per heavy atom. The van der Waals surface area contributed by atoms with Crippen molar-refractivity contribution in [1.29, 1.82) is 0 Å². The molecule has 0 aromatic carbocycles. The van der Waals surface area contributed by atoms with E-state index < -0.39 is 0 Å². The van der Waals surface area contributed by atoms with E-state index in [1.54, 1.807) is 0 Å². The zero-order valence-electron chi connectivity index (χ0n) is 8.27. The van der Waals surface area contributed by atoms with Crippen LogP contribution in [0.3, 0.4) is 0 Å². The maximum absolute atomic E-state index is 4.31. The minimum absolute atomic E-state index is 0.164. The molecule has 68 valence electrons. The van der Waals surface area contributed by atoms with Gasteiger partial charge < -0.3 is 0 Å². The summed E-state index contributed by atoms with van der Waals surface area (Å²) in [5.74, 6) is 0. The molecule has 0 radical (unpaired) electrons. The molecular formula is C9H15BrN2. The summed E-state index contributed by atoms with van der Waals surface area (Å²) in [5.41, 5.74) is 2.69. The molecule has 1 aromatic rings. The number of aromatic nitrogens is 2. The van der Waals surface area contributed by atoms with Crippen molar-refractivity contribution in [3.05, 3.63) is 15.9 Å². The second kappa shape index (κ2) is 2.87. The molecule has 1 heterocycles. The first-order valence-electron chi connectivity index (χ1n) is 4.03. The van der Waals surface area contributed by atoms with Crippen LogP contribution in [0.5, 0.6) is 0 Å². The summed E-state index contributed by atoms with van der Waals surface area (Å²) < 4.78 is 2.88. The molecule has 12 heavy (non-hydrogen) atoms. The molecule has 2 nitrogen and oxygen atoms in total. The highest BCUT2D eigenvalue weighted by molar-refractivity contribution is 9.10. The van der Waals surface area contributed by atoms with Crippen LogP contribution in [-0.2, 0) is 12.5 Å². The molecular weight excluding hydrogens is 216 g/mol. The summed E-state index contributed by atoms with van der Waals surface area (Å²) in [5, 5.41) is 4.31. The number of halogens is 1. The van der Waals surface area contributed by atoms with Gasteiger partial charge in [-0.3, -0.25) is 4.68 Å². The average molecular weight is 231 g/mol. The number of hydrogen-bond acceptors (Lipinski definition) is 1. The molecule has 0 aliphatic rings. The topological polar surface area (TPSA) is 17.8 Å². The second-order valence-corrected chi connectivity index (χ2v) is 4.88. The zero-order chi connectivity index (χ0) is 9.52. The smallest absolute Gasteiger partial charge is 0.132 e. The number of rotatable bonds is 0. The Balaban J connectivity index is 3.32. The zero-order valence-corrected chi connectivity index (χ0v) is 9.86. The third-order valence-electron chi connectivity index (χ3n) is 2.04. The molecule has 0 atom stereocenters. The Kier molecular flexibility index (Phi) is 2.34. The molecule has 0 amide bonds. The van der Waals surface area contributed by atoms with Gasteiger partial charge in [0.05, 0.1) is 0 Å². The fourth-order valence-electron chi connectivity index (χ4n) is 1.42. The molecule has 1 rings (SSSR count). The van der Waals surface area contributed by atoms with Crippen LogP contribution in [0.1, 0.15) is 32.0 Å². The van der Waals surface area contributed by atoms with Crippen molar-refractivity contribution in [2.24, 2.45) is 7.05 Å². The summed E-state index contributed by atoms with van der Waals surface area (Å²) >= 11 is 3.47. The van der Waals surface area contributed by atoms with Gasteiger partial charge in [0.15, 0.2) is 0 Å². The molecule has 3 heteroatoms. The fraction of sp³-hybridized carbons (Fsp3) is 0.667. The van der Waals surface area contributed by atoms with E-state index >= 15 is 0 Å². The Morgan fingerprint density at radius 3 is 2.00 bits per heavy atom. The van der Waals surface area contributed by atoms with Crippen molar-refractivity contribution < 1.29 is 0 Å². The van der Waals surface area contributed by atoms with Crippen LogP contribution < -0.4 is 0 Å². The highest BCUT2D eigenvalue weighted by Crippen LogP contribution is 2.31. The van der Waals surface area contributed by atoms with E-state index in [1.165, 1.54) is 11.3 Å². The van der Waals surface area contributed by atoms with Crippen LogP contribution in [0.4, 0.5) is 0 Å². The maximum atomic E-state index is 4.31. The number of aryl methyl sites for hydroxylation is 1. The lowest BCUT2D eigenvalue weighted by molar-refractivity contribution is 0.581. The summed E-state index contributed by atoms with van der Waals surface area (Å²) in [4.78, 5) is 0. The van der Waals surface area contributed by atoms with Crippen LogP contribution in [-0.4, -0.2) is 9.78 Å². The molecule has 0 aliphatic carbocycles. The van der Waals surface area contributed by atoms with E-state index in [2.05, 4.69) is 48.7 Å². The van der Waals surface area contributed by atoms with E-state index in [0.717, 1.165) is 4.60 Å². The van der Waals surface area contributed by atoms with Crippen molar-refractivity contribution in [2.45, 2.75) is 33.1 Å². The SMILES string of the molecule is Cc1c(C(C)(C)C)c(Br)nn1C. The predicted octanol–water partition coefficient (Wildman–Crippen LogP) is 2.79. The molecule has 1 aromatic heterocycles. The van der Waals surface area contributed by atoms with Crippen molar-refractivity contribution in [2.75, 3.05) is 0 Å². The fourth-order valence-corrected chi connectivity index (χ4v) is 2.54. The lowest BCUT2D eigenvalue weighted by atomic mass is 9.88. The van der Waals surface area contributed by atoms with Gasteiger partial charge in [0.1, 0.15) is 4.60 Å². The van der Waals surface area contributed by atoms with Crippen LogP contribution >= 0.6 is 15.9 Å². The van der Waals surface area contributed by atoms with Crippen LogP contribution in [0.25, 0.3) is 0 Å². The lowest BCUT2D eigenvalue weighted by Crippen LogP contribution is -2.12. The molecule has 0 bridgehead atoms. The second-order valence-electron chi connectivity index (χ2n) is 4.12. The normalized spacial score (nSPS) is 12.2. The molecule has 0 saturated heterocycles. The third-order valence-corrected chi connectivity index (χ3v) is 2.60. The molecule has 0 spiro atoms. The Hall–Kier alpha value is -0.310. The van der Waals surface area contributed by atoms with Crippen molar-refractivity contribution in [1.82, 2.24) is 9.78 Å². The summed E-state index contributed by atoms with van der Waals surface area (Å²) in [6.07, 6.45) is 0. The Labute approximate surface area is 82.1 Å². The first kappa shape index (κ1) is 9.78. The summed E-state index contributed by atoms with van der Waals surface area (Å²) in [7, 11) is 1.97. The van der Waals surface area contributed by atoms with E-state index in [1.807, 2.05) is 11.7 Å². The van der Waals surface area contributed by atoms with Crippen LogP contribution in [0.2, 0.25) is 0 Å². The number of nitrogens with zero attached hydrogens (tertiary/aromatic N) is 2. The van der Waals surface area contributed by atoms with E-state index in [4.69, 9.17) is 0 Å². The molecule has 0 aliphatic heterocycles. The van der Waals surface area contributed by atoms with Gasteiger partial charge in [0.2, 0.25) is 0 Å². The van der Waals surface area contributed by atoms with Gasteiger partial charge in [0, 0.05) is 18.3 Å². The summed E-state index contributed by atoms with van der Waals surface area (Å²) in [6.45, 7) is 8.68. The van der Waals surface area contributed by atoms with E-state index in [-0.39, 0.29) is 5.41 Å². The Morgan fingerprint density at radius 2 is 1.83 bits per heavy atom. The first-order valence-corrected chi connectivity index (χ1v) is 4.83. The van der Waals surface area contributed by atoms with Gasteiger partial charge in [-0.1, -0.05) is 20.8 Å². The van der Waals surface area contributed by atoms with Crippen molar-refractivity contribution in [3.63, 3.8) is 0 Å². The molecule has 0 fully saturated rings. The van der Waals surface area contributed by atoms with Gasteiger partial charge >= 0.3 is 0 Å². The average Bonchev–Trinajstić information content (AvgIpc) is 2.05. The standard InChI is InChI=1S/C9H15BrN2/c1-6-7(9(2,3)4)8(10)11-12(6)5/h1-5H3. The number of hydrogen-bond donors (Lipinski definition) is 0. The highest BCUT2D eigenvalue weighted by Gasteiger charge is 2.23. The van der Waals surface area contributed by atoms with Gasteiger partial charge in [0.25, 0.3) is 0 Å².